The highest BCUT2D eigenvalue weighted by Gasteiger charge is 2.13. The molecule has 3 nitrogen and oxygen atoms in total. The first-order valence-corrected chi connectivity index (χ1v) is 6.78. The number of hydrogen-bond acceptors (Lipinski definition) is 2. The molecule has 0 bridgehead atoms. The third kappa shape index (κ3) is 3.24. The topological polar surface area (TPSA) is 49.3 Å². The fraction of sp³-hybridized carbons (Fsp3) is 0.133. The molecule has 1 unspecified atom stereocenters. The van der Waals surface area contributed by atoms with Crippen LogP contribution in [0.4, 0.5) is 5.69 Å². The van der Waals surface area contributed by atoms with Gasteiger partial charge in [0.25, 0.3) is 0 Å². The monoisotopic (exact) mass is 309 g/mol. The summed E-state index contributed by atoms with van der Waals surface area (Å²) >= 11 is 11.9. The number of carboxylic acids is 1. The quantitative estimate of drug-likeness (QED) is 0.847. The highest BCUT2D eigenvalue weighted by Crippen LogP contribution is 2.28. The van der Waals surface area contributed by atoms with Gasteiger partial charge in [0.15, 0.2) is 0 Å². The van der Waals surface area contributed by atoms with Crippen LogP contribution in [0, 0.1) is 0 Å². The Morgan fingerprint density at radius 1 is 1.15 bits per heavy atom. The van der Waals surface area contributed by atoms with Crippen molar-refractivity contribution in [3.8, 4) is 0 Å². The summed E-state index contributed by atoms with van der Waals surface area (Å²) in [6.45, 7) is 1.93. The van der Waals surface area contributed by atoms with Crippen molar-refractivity contribution in [2.75, 3.05) is 5.32 Å². The fourth-order valence-electron chi connectivity index (χ4n) is 1.89. The van der Waals surface area contributed by atoms with E-state index in [0.717, 1.165) is 5.56 Å². The zero-order valence-corrected chi connectivity index (χ0v) is 12.2. The maximum absolute atomic E-state index is 11.2. The standard InChI is InChI=1S/C15H13Cl2NO2/c1-9(10-6-7-12(16)13(17)8-10)18-14-5-3-2-4-11(14)15(19)20/h2-9,18H,1H3,(H,19,20). The van der Waals surface area contributed by atoms with Crippen LogP contribution >= 0.6 is 23.2 Å². The molecule has 0 saturated heterocycles. The summed E-state index contributed by atoms with van der Waals surface area (Å²) in [5, 5.41) is 13.3. The van der Waals surface area contributed by atoms with Crippen molar-refractivity contribution < 1.29 is 9.90 Å². The third-order valence-electron chi connectivity index (χ3n) is 2.97. The molecule has 104 valence electrons. The van der Waals surface area contributed by atoms with Gasteiger partial charge in [0, 0.05) is 11.7 Å². The van der Waals surface area contributed by atoms with Gasteiger partial charge in [-0.1, -0.05) is 41.4 Å². The molecule has 2 aromatic rings. The highest BCUT2D eigenvalue weighted by atomic mass is 35.5. The SMILES string of the molecule is CC(Nc1ccccc1C(=O)O)c1ccc(Cl)c(Cl)c1. The number of benzene rings is 2. The Hall–Kier alpha value is -1.71. The van der Waals surface area contributed by atoms with E-state index in [2.05, 4.69) is 5.32 Å². The van der Waals surface area contributed by atoms with Crippen LogP contribution in [-0.2, 0) is 0 Å². The summed E-state index contributed by atoms with van der Waals surface area (Å²) in [7, 11) is 0. The van der Waals surface area contributed by atoms with Crippen LogP contribution in [0.2, 0.25) is 10.0 Å². The van der Waals surface area contributed by atoms with Crippen LogP contribution in [0.25, 0.3) is 0 Å². The minimum Gasteiger partial charge on any atom is -0.478 e. The Morgan fingerprint density at radius 2 is 1.85 bits per heavy atom. The van der Waals surface area contributed by atoms with Gasteiger partial charge in [-0.05, 0) is 36.8 Å². The lowest BCUT2D eigenvalue weighted by atomic mass is 10.1. The number of para-hydroxylation sites is 1. The molecule has 0 aromatic heterocycles. The summed E-state index contributed by atoms with van der Waals surface area (Å²) in [6.07, 6.45) is 0. The molecule has 2 rings (SSSR count). The van der Waals surface area contributed by atoms with E-state index < -0.39 is 5.97 Å². The molecular weight excluding hydrogens is 297 g/mol. The van der Waals surface area contributed by atoms with Gasteiger partial charge >= 0.3 is 5.97 Å². The summed E-state index contributed by atoms with van der Waals surface area (Å²) < 4.78 is 0. The number of rotatable bonds is 4. The summed E-state index contributed by atoms with van der Waals surface area (Å²) in [5.41, 5.74) is 1.73. The molecule has 0 aliphatic rings. The maximum atomic E-state index is 11.2. The Kier molecular flexibility index (Phi) is 4.53. The van der Waals surface area contributed by atoms with Gasteiger partial charge in [-0.3, -0.25) is 0 Å². The Labute approximate surface area is 127 Å². The molecule has 0 aliphatic heterocycles. The lowest BCUT2D eigenvalue weighted by Crippen LogP contribution is -2.10. The predicted octanol–water partition coefficient (Wildman–Crippen LogP) is 4.86. The van der Waals surface area contributed by atoms with Crippen LogP contribution in [0.15, 0.2) is 42.5 Å². The number of hydrogen-bond donors (Lipinski definition) is 2. The lowest BCUT2D eigenvalue weighted by molar-refractivity contribution is 0.0698. The van der Waals surface area contributed by atoms with Crippen molar-refractivity contribution in [3.05, 3.63) is 63.6 Å². The molecule has 0 aliphatic carbocycles. The van der Waals surface area contributed by atoms with Gasteiger partial charge in [0.2, 0.25) is 0 Å². The van der Waals surface area contributed by atoms with Crippen molar-refractivity contribution in [1.82, 2.24) is 0 Å². The van der Waals surface area contributed by atoms with Gasteiger partial charge in [-0.2, -0.15) is 0 Å². The molecule has 0 spiro atoms. The number of halogens is 2. The Bertz CT molecular complexity index is 644. The largest absolute Gasteiger partial charge is 0.478 e. The molecule has 5 heteroatoms. The van der Waals surface area contributed by atoms with Gasteiger partial charge in [0.05, 0.1) is 15.6 Å². The highest BCUT2D eigenvalue weighted by molar-refractivity contribution is 6.42. The minimum atomic E-state index is -0.963. The van der Waals surface area contributed by atoms with E-state index >= 15 is 0 Å². The molecule has 0 heterocycles. The normalized spacial score (nSPS) is 11.9. The summed E-state index contributed by atoms with van der Waals surface area (Å²) in [5.74, 6) is -0.963. The van der Waals surface area contributed by atoms with Gasteiger partial charge in [-0.25, -0.2) is 4.79 Å². The van der Waals surface area contributed by atoms with Gasteiger partial charge < -0.3 is 10.4 Å². The lowest BCUT2D eigenvalue weighted by Gasteiger charge is -2.17. The number of aromatic carboxylic acids is 1. The Morgan fingerprint density at radius 3 is 2.50 bits per heavy atom. The average molecular weight is 310 g/mol. The Balaban J connectivity index is 2.25. The molecule has 2 aromatic carbocycles. The van der Waals surface area contributed by atoms with E-state index in [4.69, 9.17) is 28.3 Å². The smallest absolute Gasteiger partial charge is 0.337 e. The second-order valence-electron chi connectivity index (χ2n) is 4.39. The maximum Gasteiger partial charge on any atom is 0.337 e. The van der Waals surface area contributed by atoms with E-state index in [0.29, 0.717) is 15.7 Å². The second-order valence-corrected chi connectivity index (χ2v) is 5.20. The molecule has 2 N–H and O–H groups in total. The fourth-order valence-corrected chi connectivity index (χ4v) is 2.20. The minimum absolute atomic E-state index is 0.0923. The van der Waals surface area contributed by atoms with Crippen LogP contribution in [0.3, 0.4) is 0 Å². The average Bonchev–Trinajstić information content (AvgIpc) is 2.42. The molecule has 0 radical (unpaired) electrons. The molecule has 1 atom stereocenters. The second kappa shape index (κ2) is 6.16. The number of carboxylic acid groups (broad SMARTS) is 1. The predicted molar refractivity (Wildman–Crippen MR) is 81.9 cm³/mol. The van der Waals surface area contributed by atoms with E-state index in [-0.39, 0.29) is 11.6 Å². The first-order valence-electron chi connectivity index (χ1n) is 6.03. The molecule has 20 heavy (non-hydrogen) atoms. The number of anilines is 1. The van der Waals surface area contributed by atoms with Crippen LogP contribution in [-0.4, -0.2) is 11.1 Å². The first-order chi connectivity index (χ1) is 9.49. The molecule has 0 amide bonds. The van der Waals surface area contributed by atoms with Crippen LogP contribution in [0.5, 0.6) is 0 Å². The van der Waals surface area contributed by atoms with Gasteiger partial charge in [-0.15, -0.1) is 0 Å². The summed E-state index contributed by atoms with van der Waals surface area (Å²) in [4.78, 5) is 11.2. The van der Waals surface area contributed by atoms with Crippen molar-refractivity contribution in [2.45, 2.75) is 13.0 Å². The van der Waals surface area contributed by atoms with Crippen molar-refractivity contribution in [3.63, 3.8) is 0 Å². The summed E-state index contributed by atoms with van der Waals surface area (Å²) in [6, 6.07) is 12.0. The van der Waals surface area contributed by atoms with Crippen LogP contribution < -0.4 is 5.32 Å². The number of carbonyl (C=O) groups is 1. The zero-order valence-electron chi connectivity index (χ0n) is 10.7. The first kappa shape index (κ1) is 14.7. The van der Waals surface area contributed by atoms with Crippen molar-refractivity contribution in [2.24, 2.45) is 0 Å². The van der Waals surface area contributed by atoms with E-state index in [1.807, 2.05) is 13.0 Å². The van der Waals surface area contributed by atoms with E-state index in [1.165, 1.54) is 0 Å². The van der Waals surface area contributed by atoms with E-state index in [9.17, 15) is 4.79 Å². The molecular formula is C15H13Cl2NO2. The van der Waals surface area contributed by atoms with Crippen molar-refractivity contribution in [1.29, 1.82) is 0 Å². The third-order valence-corrected chi connectivity index (χ3v) is 3.71. The zero-order chi connectivity index (χ0) is 14.7. The van der Waals surface area contributed by atoms with Crippen molar-refractivity contribution >= 4 is 34.9 Å². The number of nitrogens with one attached hydrogen (secondary N) is 1. The van der Waals surface area contributed by atoms with Gasteiger partial charge in [0.1, 0.15) is 0 Å². The molecule has 0 fully saturated rings. The molecule has 0 saturated carbocycles. The van der Waals surface area contributed by atoms with E-state index in [1.54, 1.807) is 36.4 Å². The van der Waals surface area contributed by atoms with Crippen LogP contribution in [0.1, 0.15) is 28.9 Å².